The molecule has 0 saturated carbocycles. The van der Waals surface area contributed by atoms with Crippen LogP contribution in [0.4, 0.5) is 4.79 Å². The van der Waals surface area contributed by atoms with Crippen LogP contribution in [0.25, 0.3) is 11.1 Å². The lowest BCUT2D eigenvalue weighted by molar-refractivity contribution is -0.162. The summed E-state index contributed by atoms with van der Waals surface area (Å²) in [6, 6.07) is 11.6. The molecule has 1 aliphatic rings. The zero-order valence-electron chi connectivity index (χ0n) is 19.9. The Bertz CT molecular complexity index is 927. The molecule has 1 aromatic heterocycles. The van der Waals surface area contributed by atoms with Crippen LogP contribution in [0.15, 0.2) is 48.8 Å². The minimum Gasteiger partial charge on any atom is -0.458 e. The van der Waals surface area contributed by atoms with Crippen LogP contribution in [0.1, 0.15) is 65.9 Å². The van der Waals surface area contributed by atoms with E-state index in [0.717, 1.165) is 23.1 Å². The average molecular weight is 439 g/mol. The Morgan fingerprint density at radius 1 is 0.938 bits per heavy atom. The second-order valence-corrected chi connectivity index (χ2v) is 10.3. The van der Waals surface area contributed by atoms with Gasteiger partial charge in [-0.2, -0.15) is 0 Å². The molecule has 0 aliphatic carbocycles. The van der Waals surface area contributed by atoms with E-state index in [0.29, 0.717) is 13.0 Å². The number of hydrogen-bond donors (Lipinski definition) is 0. The quantitative estimate of drug-likeness (QED) is 0.586. The van der Waals surface area contributed by atoms with Crippen molar-refractivity contribution >= 4 is 12.1 Å². The van der Waals surface area contributed by atoms with Gasteiger partial charge >= 0.3 is 12.1 Å². The van der Waals surface area contributed by atoms with E-state index in [1.54, 1.807) is 6.20 Å². The van der Waals surface area contributed by atoms with Crippen molar-refractivity contribution in [2.75, 3.05) is 6.54 Å². The van der Waals surface area contributed by atoms with Crippen LogP contribution in [-0.2, 0) is 14.3 Å². The van der Waals surface area contributed by atoms with Gasteiger partial charge in [0, 0.05) is 18.9 Å². The van der Waals surface area contributed by atoms with E-state index in [1.165, 1.54) is 4.90 Å². The number of esters is 1. The fraction of sp³-hybridized carbons (Fsp3) is 0.500. The first-order valence-electron chi connectivity index (χ1n) is 11.2. The fourth-order valence-electron chi connectivity index (χ4n) is 3.88. The molecular weight excluding hydrogens is 404 g/mol. The zero-order chi connectivity index (χ0) is 23.5. The van der Waals surface area contributed by atoms with Crippen molar-refractivity contribution in [1.82, 2.24) is 9.88 Å². The standard InChI is InChI=1S/C26H34N2O4/c1-25(2,3)31-23(29)22-16-20(13-15-28(22)24(30)32-26(4,5)6)18-9-11-19(12-10-18)21-8-7-14-27-17-21/h7-12,14,17,20,22H,13,15-16H2,1-6H3/t20?,22-/m1/s1. The van der Waals surface area contributed by atoms with Crippen LogP contribution in [0, 0.1) is 0 Å². The molecule has 3 rings (SSSR count). The molecule has 1 amide bonds. The van der Waals surface area contributed by atoms with E-state index >= 15 is 0 Å². The maximum Gasteiger partial charge on any atom is 0.411 e. The van der Waals surface area contributed by atoms with Crippen molar-refractivity contribution in [2.24, 2.45) is 0 Å². The third-order valence-electron chi connectivity index (χ3n) is 5.29. The number of carbonyl (C=O) groups is 2. The van der Waals surface area contributed by atoms with Crippen molar-refractivity contribution in [3.63, 3.8) is 0 Å². The lowest BCUT2D eigenvalue weighted by Gasteiger charge is -2.39. The fourth-order valence-corrected chi connectivity index (χ4v) is 3.88. The maximum atomic E-state index is 13.0. The number of carbonyl (C=O) groups excluding carboxylic acids is 2. The van der Waals surface area contributed by atoms with E-state index in [9.17, 15) is 9.59 Å². The van der Waals surface area contributed by atoms with Crippen LogP contribution in [-0.4, -0.2) is 45.7 Å². The minimum absolute atomic E-state index is 0.147. The molecule has 32 heavy (non-hydrogen) atoms. The van der Waals surface area contributed by atoms with E-state index in [4.69, 9.17) is 9.47 Å². The van der Waals surface area contributed by atoms with E-state index in [-0.39, 0.29) is 11.9 Å². The Kier molecular flexibility index (Phi) is 6.91. The molecule has 1 aromatic carbocycles. The van der Waals surface area contributed by atoms with Crippen LogP contribution in [0.5, 0.6) is 0 Å². The van der Waals surface area contributed by atoms with Crippen molar-refractivity contribution in [3.05, 3.63) is 54.4 Å². The molecular formula is C26H34N2O4. The number of amides is 1. The van der Waals surface area contributed by atoms with Crippen LogP contribution in [0.2, 0.25) is 0 Å². The van der Waals surface area contributed by atoms with Crippen molar-refractivity contribution in [2.45, 2.75) is 77.5 Å². The predicted octanol–water partition coefficient (Wildman–Crippen LogP) is 5.57. The summed E-state index contributed by atoms with van der Waals surface area (Å²) in [6.45, 7) is 11.4. The molecule has 0 N–H and O–H groups in total. The molecule has 0 bridgehead atoms. The number of rotatable bonds is 3. The van der Waals surface area contributed by atoms with Crippen LogP contribution < -0.4 is 0 Å². The summed E-state index contributed by atoms with van der Waals surface area (Å²) in [5.74, 6) is -0.241. The summed E-state index contributed by atoms with van der Waals surface area (Å²) in [5, 5.41) is 0. The monoisotopic (exact) mass is 438 g/mol. The number of hydrogen-bond acceptors (Lipinski definition) is 5. The second-order valence-electron chi connectivity index (χ2n) is 10.3. The summed E-state index contributed by atoms with van der Waals surface area (Å²) >= 11 is 0. The average Bonchev–Trinajstić information content (AvgIpc) is 2.71. The predicted molar refractivity (Wildman–Crippen MR) is 124 cm³/mol. The van der Waals surface area contributed by atoms with Gasteiger partial charge in [-0.15, -0.1) is 0 Å². The summed E-state index contributed by atoms with van der Waals surface area (Å²) in [4.78, 5) is 31.6. The lowest BCUT2D eigenvalue weighted by Crippen LogP contribution is -2.52. The molecule has 0 radical (unpaired) electrons. The van der Waals surface area contributed by atoms with Gasteiger partial charge in [-0.3, -0.25) is 9.88 Å². The third kappa shape index (κ3) is 6.31. The first kappa shape index (κ1) is 23.8. The highest BCUT2D eigenvalue weighted by atomic mass is 16.6. The van der Waals surface area contributed by atoms with Crippen LogP contribution in [0.3, 0.4) is 0 Å². The summed E-state index contributed by atoms with van der Waals surface area (Å²) < 4.78 is 11.2. The zero-order valence-corrected chi connectivity index (χ0v) is 19.9. The molecule has 2 aromatic rings. The van der Waals surface area contributed by atoms with Crippen LogP contribution >= 0.6 is 0 Å². The molecule has 1 aliphatic heterocycles. The Hall–Kier alpha value is -2.89. The van der Waals surface area contributed by atoms with Gasteiger partial charge in [0.2, 0.25) is 0 Å². The van der Waals surface area contributed by atoms with E-state index < -0.39 is 23.3 Å². The molecule has 2 heterocycles. The third-order valence-corrected chi connectivity index (χ3v) is 5.29. The lowest BCUT2D eigenvalue weighted by atomic mass is 9.84. The van der Waals surface area contributed by atoms with Gasteiger partial charge < -0.3 is 9.47 Å². The number of nitrogens with zero attached hydrogens (tertiary/aromatic N) is 2. The summed E-state index contributed by atoms with van der Waals surface area (Å²) in [6.07, 6.45) is 4.38. The van der Waals surface area contributed by atoms with Gasteiger partial charge in [-0.05, 0) is 83.1 Å². The SMILES string of the molecule is CC(C)(C)OC(=O)[C@H]1CC(c2ccc(-c3cccnc3)cc2)CCN1C(=O)OC(C)(C)C. The number of piperidine rings is 1. The van der Waals surface area contributed by atoms with Crippen molar-refractivity contribution in [3.8, 4) is 11.1 Å². The van der Waals surface area contributed by atoms with Gasteiger partial charge in [0.15, 0.2) is 0 Å². The first-order chi connectivity index (χ1) is 14.9. The molecule has 1 fully saturated rings. The Morgan fingerprint density at radius 3 is 2.16 bits per heavy atom. The summed E-state index contributed by atoms with van der Waals surface area (Å²) in [7, 11) is 0. The molecule has 1 unspecified atom stereocenters. The number of benzene rings is 1. The molecule has 2 atom stereocenters. The minimum atomic E-state index is -0.680. The van der Waals surface area contributed by atoms with Gasteiger partial charge in [0.05, 0.1) is 0 Å². The number of pyridine rings is 1. The second kappa shape index (κ2) is 9.31. The molecule has 172 valence electrons. The normalized spacial score (nSPS) is 19.4. The highest BCUT2D eigenvalue weighted by molar-refractivity contribution is 5.82. The molecule has 6 nitrogen and oxygen atoms in total. The molecule has 1 saturated heterocycles. The Balaban J connectivity index is 1.80. The Morgan fingerprint density at radius 2 is 1.59 bits per heavy atom. The highest BCUT2D eigenvalue weighted by Crippen LogP contribution is 2.34. The number of aromatic nitrogens is 1. The van der Waals surface area contributed by atoms with Gasteiger partial charge in [-0.1, -0.05) is 30.3 Å². The van der Waals surface area contributed by atoms with Gasteiger partial charge in [-0.25, -0.2) is 9.59 Å². The topological polar surface area (TPSA) is 68.7 Å². The van der Waals surface area contributed by atoms with E-state index in [2.05, 4.69) is 29.2 Å². The smallest absolute Gasteiger partial charge is 0.411 e. The first-order valence-corrected chi connectivity index (χ1v) is 11.2. The highest BCUT2D eigenvalue weighted by Gasteiger charge is 2.40. The largest absolute Gasteiger partial charge is 0.458 e. The van der Waals surface area contributed by atoms with Crippen molar-refractivity contribution < 1.29 is 19.1 Å². The van der Waals surface area contributed by atoms with Gasteiger partial charge in [0.25, 0.3) is 0 Å². The van der Waals surface area contributed by atoms with Gasteiger partial charge in [0.1, 0.15) is 17.2 Å². The number of likely N-dealkylation sites (tertiary alicyclic amines) is 1. The van der Waals surface area contributed by atoms with Crippen molar-refractivity contribution in [1.29, 1.82) is 0 Å². The summed E-state index contributed by atoms with van der Waals surface area (Å²) in [5.41, 5.74) is 2.04. The molecule has 0 spiro atoms. The Labute approximate surface area is 190 Å². The molecule has 6 heteroatoms. The number of ether oxygens (including phenoxy) is 2. The van der Waals surface area contributed by atoms with E-state index in [1.807, 2.05) is 59.9 Å². The maximum absolute atomic E-state index is 13.0.